The van der Waals surface area contributed by atoms with Crippen LogP contribution in [-0.2, 0) is 4.79 Å². The van der Waals surface area contributed by atoms with Crippen LogP contribution in [0.5, 0.6) is 0 Å². The molecule has 2 atom stereocenters. The summed E-state index contributed by atoms with van der Waals surface area (Å²) in [6.45, 7) is 0.620. The lowest BCUT2D eigenvalue weighted by molar-refractivity contribution is -0.141. The molecule has 1 aliphatic heterocycles. The number of nitrogens with zero attached hydrogens (tertiary/aromatic N) is 2. The van der Waals surface area contributed by atoms with Crippen molar-refractivity contribution < 1.29 is 9.90 Å². The van der Waals surface area contributed by atoms with Crippen molar-refractivity contribution in [2.75, 3.05) is 13.6 Å². The first-order chi connectivity index (χ1) is 7.18. The number of carboxylic acid groups (broad SMARTS) is 1. The van der Waals surface area contributed by atoms with Crippen molar-refractivity contribution in [3.8, 4) is 0 Å². The highest BCUT2D eigenvalue weighted by atomic mass is 16.4. The normalized spacial score (nSPS) is 26.7. The molecule has 80 valence electrons. The van der Waals surface area contributed by atoms with Gasteiger partial charge in [-0.05, 0) is 25.1 Å². The zero-order valence-electron chi connectivity index (χ0n) is 8.63. The molecule has 2 rings (SSSR count). The summed E-state index contributed by atoms with van der Waals surface area (Å²) in [7, 11) is 1.96. The lowest BCUT2D eigenvalue weighted by Crippen LogP contribution is -2.20. The second-order valence-electron chi connectivity index (χ2n) is 4.01. The molecule has 15 heavy (non-hydrogen) atoms. The Balaban J connectivity index is 2.15. The smallest absolute Gasteiger partial charge is 0.307 e. The van der Waals surface area contributed by atoms with Crippen LogP contribution < -0.4 is 0 Å². The fourth-order valence-electron chi connectivity index (χ4n) is 2.14. The van der Waals surface area contributed by atoms with Gasteiger partial charge in [0.1, 0.15) is 0 Å². The van der Waals surface area contributed by atoms with Crippen LogP contribution >= 0.6 is 0 Å². The maximum absolute atomic E-state index is 10.9. The summed E-state index contributed by atoms with van der Waals surface area (Å²) >= 11 is 0. The number of hydrogen-bond donors (Lipinski definition) is 1. The Morgan fingerprint density at radius 3 is 3.00 bits per heavy atom. The molecule has 0 aromatic carbocycles. The Morgan fingerprint density at radius 2 is 2.47 bits per heavy atom. The Hall–Kier alpha value is -1.42. The topological polar surface area (TPSA) is 53.4 Å². The van der Waals surface area contributed by atoms with Crippen LogP contribution in [0.1, 0.15) is 18.0 Å². The summed E-state index contributed by atoms with van der Waals surface area (Å²) in [6, 6.07) is 4.08. The van der Waals surface area contributed by atoms with Crippen LogP contribution in [-0.4, -0.2) is 34.6 Å². The summed E-state index contributed by atoms with van der Waals surface area (Å²) < 4.78 is 0. The van der Waals surface area contributed by atoms with Gasteiger partial charge in [-0.3, -0.25) is 14.7 Å². The molecule has 0 aliphatic carbocycles. The van der Waals surface area contributed by atoms with Gasteiger partial charge in [0, 0.05) is 25.0 Å². The first-order valence-electron chi connectivity index (χ1n) is 5.01. The molecule has 0 saturated carbocycles. The summed E-state index contributed by atoms with van der Waals surface area (Å²) in [5.74, 6) is -0.951. The summed E-state index contributed by atoms with van der Waals surface area (Å²) in [6.07, 6.45) is 4.22. The Kier molecular flexibility index (Phi) is 2.68. The zero-order valence-corrected chi connectivity index (χ0v) is 8.63. The van der Waals surface area contributed by atoms with Crippen molar-refractivity contribution in [2.24, 2.45) is 5.92 Å². The molecule has 4 heteroatoms. The van der Waals surface area contributed by atoms with E-state index in [1.807, 2.05) is 25.4 Å². The largest absolute Gasteiger partial charge is 0.481 e. The molecule has 0 spiro atoms. The maximum atomic E-state index is 10.9. The minimum Gasteiger partial charge on any atom is -0.481 e. The van der Waals surface area contributed by atoms with Gasteiger partial charge in [-0.25, -0.2) is 0 Å². The zero-order chi connectivity index (χ0) is 10.8. The van der Waals surface area contributed by atoms with Crippen molar-refractivity contribution in [3.05, 3.63) is 30.1 Å². The molecular weight excluding hydrogens is 192 g/mol. The molecular formula is C11H14N2O2. The van der Waals surface area contributed by atoms with E-state index in [4.69, 9.17) is 5.11 Å². The monoisotopic (exact) mass is 206 g/mol. The fraction of sp³-hybridized carbons (Fsp3) is 0.455. The standard InChI is InChI=1S/C11H14N2O2/c1-13-7-9(11(14)15)5-10(13)8-3-2-4-12-6-8/h2-4,6,9-10H,5,7H2,1H3,(H,14,15)/t9-,10+/m0/s1. The summed E-state index contributed by atoms with van der Waals surface area (Å²) in [5.41, 5.74) is 1.10. The van der Waals surface area contributed by atoms with Gasteiger partial charge in [0.2, 0.25) is 0 Å². The third-order valence-corrected chi connectivity index (χ3v) is 2.97. The number of hydrogen-bond acceptors (Lipinski definition) is 3. The predicted octanol–water partition coefficient (Wildman–Crippen LogP) is 1.16. The minimum atomic E-state index is -0.701. The van der Waals surface area contributed by atoms with Crippen LogP contribution in [0.2, 0.25) is 0 Å². The second kappa shape index (κ2) is 3.98. The van der Waals surface area contributed by atoms with Crippen LogP contribution in [0.4, 0.5) is 0 Å². The van der Waals surface area contributed by atoms with E-state index in [1.54, 1.807) is 6.20 Å². The Labute approximate surface area is 88.6 Å². The summed E-state index contributed by atoms with van der Waals surface area (Å²) in [5, 5.41) is 8.95. The van der Waals surface area contributed by atoms with Gasteiger partial charge >= 0.3 is 5.97 Å². The molecule has 0 amide bonds. The van der Waals surface area contributed by atoms with E-state index in [2.05, 4.69) is 9.88 Å². The predicted molar refractivity (Wildman–Crippen MR) is 55.4 cm³/mol. The first-order valence-corrected chi connectivity index (χ1v) is 5.01. The van der Waals surface area contributed by atoms with Gasteiger partial charge in [-0.2, -0.15) is 0 Å². The second-order valence-corrected chi connectivity index (χ2v) is 4.01. The lowest BCUT2D eigenvalue weighted by atomic mass is 10.0. The van der Waals surface area contributed by atoms with E-state index >= 15 is 0 Å². The van der Waals surface area contributed by atoms with Gasteiger partial charge in [0.05, 0.1) is 5.92 Å². The van der Waals surface area contributed by atoms with E-state index in [0.717, 1.165) is 5.56 Å². The molecule has 0 bridgehead atoms. The summed E-state index contributed by atoms with van der Waals surface area (Å²) in [4.78, 5) is 17.0. The quantitative estimate of drug-likeness (QED) is 0.789. The van der Waals surface area contributed by atoms with E-state index in [0.29, 0.717) is 13.0 Å². The Bertz CT molecular complexity index is 353. The van der Waals surface area contributed by atoms with Crippen LogP contribution in [0, 0.1) is 5.92 Å². The van der Waals surface area contributed by atoms with Crippen molar-refractivity contribution in [2.45, 2.75) is 12.5 Å². The number of aromatic nitrogens is 1. The van der Waals surface area contributed by atoms with Crippen LogP contribution in [0.15, 0.2) is 24.5 Å². The maximum Gasteiger partial charge on any atom is 0.307 e. The average molecular weight is 206 g/mol. The van der Waals surface area contributed by atoms with Crippen molar-refractivity contribution >= 4 is 5.97 Å². The average Bonchev–Trinajstić information content (AvgIpc) is 2.62. The molecule has 0 radical (unpaired) electrons. The lowest BCUT2D eigenvalue weighted by Gasteiger charge is -2.18. The van der Waals surface area contributed by atoms with Gasteiger partial charge in [-0.1, -0.05) is 6.07 Å². The third-order valence-electron chi connectivity index (χ3n) is 2.97. The van der Waals surface area contributed by atoms with Gasteiger partial charge in [-0.15, -0.1) is 0 Å². The van der Waals surface area contributed by atoms with Crippen molar-refractivity contribution in [1.29, 1.82) is 0 Å². The SMILES string of the molecule is CN1C[C@@H](C(=O)O)C[C@@H]1c1cccnc1. The highest BCUT2D eigenvalue weighted by molar-refractivity contribution is 5.70. The van der Waals surface area contributed by atoms with Gasteiger partial charge < -0.3 is 5.11 Å². The molecule has 0 unspecified atom stereocenters. The number of carboxylic acids is 1. The fourth-order valence-corrected chi connectivity index (χ4v) is 2.14. The van der Waals surface area contributed by atoms with E-state index in [-0.39, 0.29) is 12.0 Å². The molecule has 1 saturated heterocycles. The molecule has 1 aliphatic rings. The van der Waals surface area contributed by atoms with E-state index < -0.39 is 5.97 Å². The number of aliphatic carboxylic acids is 1. The highest BCUT2D eigenvalue weighted by Crippen LogP contribution is 2.33. The third kappa shape index (κ3) is 1.99. The van der Waals surface area contributed by atoms with Gasteiger partial charge in [0.15, 0.2) is 0 Å². The molecule has 4 nitrogen and oxygen atoms in total. The number of rotatable bonds is 2. The molecule has 1 aromatic rings. The number of likely N-dealkylation sites (tertiary alicyclic amines) is 1. The number of pyridine rings is 1. The highest BCUT2D eigenvalue weighted by Gasteiger charge is 2.34. The number of carbonyl (C=O) groups is 1. The Morgan fingerprint density at radius 1 is 1.67 bits per heavy atom. The van der Waals surface area contributed by atoms with Crippen molar-refractivity contribution in [1.82, 2.24) is 9.88 Å². The molecule has 1 aromatic heterocycles. The van der Waals surface area contributed by atoms with Crippen LogP contribution in [0.3, 0.4) is 0 Å². The van der Waals surface area contributed by atoms with E-state index in [9.17, 15) is 4.79 Å². The molecule has 2 heterocycles. The molecule has 1 N–H and O–H groups in total. The molecule has 1 fully saturated rings. The van der Waals surface area contributed by atoms with Crippen LogP contribution in [0.25, 0.3) is 0 Å². The first kappa shape index (κ1) is 10.1. The minimum absolute atomic E-state index is 0.194. The van der Waals surface area contributed by atoms with Crippen molar-refractivity contribution in [3.63, 3.8) is 0 Å². The van der Waals surface area contributed by atoms with E-state index in [1.165, 1.54) is 0 Å². The van der Waals surface area contributed by atoms with Gasteiger partial charge in [0.25, 0.3) is 0 Å².